The van der Waals surface area contributed by atoms with Crippen LogP contribution in [0.25, 0.3) is 0 Å². The smallest absolute Gasteiger partial charge is 0.330 e. The van der Waals surface area contributed by atoms with Crippen molar-refractivity contribution in [2.45, 2.75) is 50.6 Å². The number of benzene rings is 1. The van der Waals surface area contributed by atoms with Crippen LogP contribution in [0.15, 0.2) is 24.3 Å². The molecule has 3 atom stereocenters. The van der Waals surface area contributed by atoms with Crippen LogP contribution in [0.3, 0.4) is 0 Å². The molecule has 0 saturated carbocycles. The maximum atomic E-state index is 12.5. The standard InChI is InChI=1S/C18H22N2O4S/c1-11-6-4-5-7-13(11)19-16(22)12(2)24-17(23)14-10-25-18(3)9-8-15(21)20(14)18/h4-7,12,14H,8-10H2,1-3H3,(H,19,22)/t12-,14+,18-/m0/s1. The van der Waals surface area contributed by atoms with Gasteiger partial charge in [0.1, 0.15) is 6.04 Å². The minimum Gasteiger partial charge on any atom is -0.451 e. The van der Waals surface area contributed by atoms with E-state index in [1.54, 1.807) is 29.7 Å². The molecule has 0 aliphatic carbocycles. The van der Waals surface area contributed by atoms with Gasteiger partial charge < -0.3 is 15.0 Å². The Morgan fingerprint density at radius 2 is 2.12 bits per heavy atom. The van der Waals surface area contributed by atoms with Crippen LogP contribution in [-0.2, 0) is 19.1 Å². The molecule has 2 saturated heterocycles. The number of nitrogens with zero attached hydrogens (tertiary/aromatic N) is 1. The van der Waals surface area contributed by atoms with E-state index in [-0.39, 0.29) is 16.7 Å². The topological polar surface area (TPSA) is 75.7 Å². The number of aryl methyl sites for hydroxylation is 1. The summed E-state index contributed by atoms with van der Waals surface area (Å²) < 4.78 is 5.35. The molecule has 2 aliphatic rings. The Labute approximate surface area is 151 Å². The number of carbonyl (C=O) groups excluding carboxylic acids is 3. The second-order valence-corrected chi connectivity index (χ2v) is 8.15. The molecule has 0 spiro atoms. The highest BCUT2D eigenvalue weighted by molar-refractivity contribution is 8.01. The van der Waals surface area contributed by atoms with E-state index in [2.05, 4.69) is 5.32 Å². The van der Waals surface area contributed by atoms with Crippen LogP contribution in [0.2, 0.25) is 0 Å². The van der Waals surface area contributed by atoms with Crippen molar-refractivity contribution in [3.05, 3.63) is 29.8 Å². The number of rotatable bonds is 4. The van der Waals surface area contributed by atoms with E-state index in [0.29, 0.717) is 17.9 Å². The number of anilines is 1. The lowest BCUT2D eigenvalue weighted by Crippen LogP contribution is -2.48. The van der Waals surface area contributed by atoms with Crippen LogP contribution >= 0.6 is 11.8 Å². The van der Waals surface area contributed by atoms with E-state index in [1.165, 1.54) is 0 Å². The molecule has 2 amide bonds. The first-order valence-electron chi connectivity index (χ1n) is 8.35. The summed E-state index contributed by atoms with van der Waals surface area (Å²) in [5, 5.41) is 2.77. The molecule has 3 rings (SSSR count). The summed E-state index contributed by atoms with van der Waals surface area (Å²) in [5.41, 5.74) is 1.62. The van der Waals surface area contributed by atoms with Crippen molar-refractivity contribution in [2.75, 3.05) is 11.1 Å². The Bertz CT molecular complexity index is 723. The average Bonchev–Trinajstić information content (AvgIpc) is 3.06. The summed E-state index contributed by atoms with van der Waals surface area (Å²) in [4.78, 5) is 38.2. The number of carbonyl (C=O) groups is 3. The molecule has 1 aromatic carbocycles. The molecule has 2 aliphatic heterocycles. The number of ether oxygens (including phenoxy) is 1. The quantitative estimate of drug-likeness (QED) is 0.832. The summed E-state index contributed by atoms with van der Waals surface area (Å²) in [6, 6.07) is 6.79. The van der Waals surface area contributed by atoms with Crippen LogP contribution in [-0.4, -0.2) is 45.5 Å². The summed E-state index contributed by atoms with van der Waals surface area (Å²) in [6.07, 6.45) is 0.266. The van der Waals surface area contributed by atoms with Gasteiger partial charge in [-0.25, -0.2) is 4.79 Å². The number of amides is 2. The van der Waals surface area contributed by atoms with Gasteiger partial charge in [0.2, 0.25) is 5.91 Å². The third-order valence-corrected chi connectivity index (χ3v) is 6.29. The highest BCUT2D eigenvalue weighted by Gasteiger charge is 2.53. The zero-order valence-electron chi connectivity index (χ0n) is 14.6. The first-order valence-corrected chi connectivity index (χ1v) is 9.33. The minimum atomic E-state index is -0.929. The predicted octanol–water partition coefficient (Wildman–Crippen LogP) is 2.32. The Kier molecular flexibility index (Phi) is 4.77. The van der Waals surface area contributed by atoms with Gasteiger partial charge >= 0.3 is 5.97 Å². The Morgan fingerprint density at radius 1 is 1.40 bits per heavy atom. The maximum absolute atomic E-state index is 12.5. The molecular weight excluding hydrogens is 340 g/mol. The van der Waals surface area contributed by atoms with Crippen molar-refractivity contribution in [3.63, 3.8) is 0 Å². The molecule has 0 aromatic heterocycles. The van der Waals surface area contributed by atoms with Crippen molar-refractivity contribution >= 4 is 35.2 Å². The molecular formula is C18H22N2O4S. The monoisotopic (exact) mass is 362 g/mol. The fourth-order valence-corrected chi connectivity index (χ4v) is 4.67. The highest BCUT2D eigenvalue weighted by Crippen LogP contribution is 2.47. The Balaban J connectivity index is 1.62. The van der Waals surface area contributed by atoms with Gasteiger partial charge in [-0.15, -0.1) is 11.8 Å². The SMILES string of the molecule is Cc1ccccc1NC(=O)[C@H](C)OC(=O)[C@H]1CS[C@@]2(C)CCC(=O)N12. The number of hydrogen-bond acceptors (Lipinski definition) is 5. The highest BCUT2D eigenvalue weighted by atomic mass is 32.2. The molecule has 25 heavy (non-hydrogen) atoms. The fraction of sp³-hybridized carbons (Fsp3) is 0.500. The third kappa shape index (κ3) is 3.38. The lowest BCUT2D eigenvalue weighted by molar-refractivity contribution is -0.160. The first-order chi connectivity index (χ1) is 11.8. The van der Waals surface area contributed by atoms with Crippen LogP contribution in [0.5, 0.6) is 0 Å². The van der Waals surface area contributed by atoms with Gasteiger partial charge in [-0.05, 0) is 38.8 Å². The summed E-state index contributed by atoms with van der Waals surface area (Å²) in [7, 11) is 0. The maximum Gasteiger partial charge on any atom is 0.330 e. The lowest BCUT2D eigenvalue weighted by atomic mass is 10.2. The number of para-hydroxylation sites is 1. The van der Waals surface area contributed by atoms with Crippen LogP contribution in [0.4, 0.5) is 5.69 Å². The van der Waals surface area contributed by atoms with Crippen molar-refractivity contribution < 1.29 is 19.1 Å². The van der Waals surface area contributed by atoms with Gasteiger partial charge in [0.05, 0.1) is 4.87 Å². The van der Waals surface area contributed by atoms with Crippen LogP contribution < -0.4 is 5.32 Å². The molecule has 134 valence electrons. The normalized spacial score (nSPS) is 26.3. The number of hydrogen-bond donors (Lipinski definition) is 1. The second-order valence-electron chi connectivity index (χ2n) is 6.65. The van der Waals surface area contributed by atoms with Crippen molar-refractivity contribution in [2.24, 2.45) is 0 Å². The fourth-order valence-electron chi connectivity index (χ4n) is 3.25. The number of fused-ring (bicyclic) bond motifs is 1. The Morgan fingerprint density at radius 3 is 2.84 bits per heavy atom. The van der Waals surface area contributed by atoms with E-state index >= 15 is 0 Å². The van der Waals surface area contributed by atoms with Crippen molar-refractivity contribution in [3.8, 4) is 0 Å². The molecule has 6 nitrogen and oxygen atoms in total. The predicted molar refractivity (Wildman–Crippen MR) is 96.1 cm³/mol. The molecule has 7 heteroatoms. The van der Waals surface area contributed by atoms with E-state index in [9.17, 15) is 14.4 Å². The van der Waals surface area contributed by atoms with E-state index in [4.69, 9.17) is 4.74 Å². The van der Waals surface area contributed by atoms with E-state index in [0.717, 1.165) is 12.0 Å². The van der Waals surface area contributed by atoms with Gasteiger partial charge in [-0.1, -0.05) is 18.2 Å². The minimum absolute atomic E-state index is 0.0218. The molecule has 2 fully saturated rings. The van der Waals surface area contributed by atoms with Gasteiger partial charge in [0.25, 0.3) is 5.91 Å². The Hall–Kier alpha value is -2.02. The number of thioether (sulfide) groups is 1. The zero-order chi connectivity index (χ0) is 18.2. The summed E-state index contributed by atoms with van der Waals surface area (Å²) in [6.45, 7) is 5.41. The van der Waals surface area contributed by atoms with Gasteiger partial charge in [-0.2, -0.15) is 0 Å². The number of nitrogens with one attached hydrogen (secondary N) is 1. The van der Waals surface area contributed by atoms with E-state index < -0.39 is 18.1 Å². The largest absolute Gasteiger partial charge is 0.451 e. The van der Waals surface area contributed by atoms with Crippen molar-refractivity contribution in [1.29, 1.82) is 0 Å². The lowest BCUT2D eigenvalue weighted by Gasteiger charge is -2.29. The molecule has 1 aromatic rings. The molecule has 2 heterocycles. The van der Waals surface area contributed by atoms with Crippen LogP contribution in [0.1, 0.15) is 32.3 Å². The molecule has 1 N–H and O–H groups in total. The molecule has 0 radical (unpaired) electrons. The van der Waals surface area contributed by atoms with Crippen molar-refractivity contribution in [1.82, 2.24) is 4.90 Å². The number of esters is 1. The summed E-state index contributed by atoms with van der Waals surface area (Å²) >= 11 is 1.60. The molecule has 0 unspecified atom stereocenters. The third-order valence-electron chi connectivity index (χ3n) is 4.78. The first kappa shape index (κ1) is 17.8. The van der Waals surface area contributed by atoms with Gasteiger partial charge in [0.15, 0.2) is 6.10 Å². The summed E-state index contributed by atoms with van der Waals surface area (Å²) in [5.74, 6) is -0.415. The molecule has 0 bridgehead atoms. The average molecular weight is 362 g/mol. The van der Waals surface area contributed by atoms with Gasteiger partial charge in [0, 0.05) is 17.9 Å². The second kappa shape index (κ2) is 6.71. The van der Waals surface area contributed by atoms with Crippen LogP contribution in [0, 0.1) is 6.92 Å². The zero-order valence-corrected chi connectivity index (χ0v) is 15.4. The van der Waals surface area contributed by atoms with Gasteiger partial charge in [-0.3, -0.25) is 9.59 Å². The van der Waals surface area contributed by atoms with E-state index in [1.807, 2.05) is 32.0 Å².